The van der Waals surface area contributed by atoms with E-state index in [-0.39, 0.29) is 18.1 Å². The predicted molar refractivity (Wildman–Crippen MR) is 74.1 cm³/mol. The van der Waals surface area contributed by atoms with E-state index in [1.807, 2.05) is 19.1 Å². The summed E-state index contributed by atoms with van der Waals surface area (Å²) in [6, 6.07) is 12.8. The molecule has 0 aromatic heterocycles. The van der Waals surface area contributed by atoms with Gasteiger partial charge in [-0.15, -0.1) is 0 Å². The number of aryl methyl sites for hydroxylation is 1. The Hall–Kier alpha value is -2.69. The van der Waals surface area contributed by atoms with Gasteiger partial charge in [-0.25, -0.2) is 0 Å². The van der Waals surface area contributed by atoms with Crippen LogP contribution in [0.2, 0.25) is 0 Å². The van der Waals surface area contributed by atoms with Gasteiger partial charge in [0.15, 0.2) is 12.4 Å². The van der Waals surface area contributed by atoms with E-state index in [2.05, 4.69) is 0 Å². The number of non-ortho nitro benzene ring substituents is 1. The lowest BCUT2D eigenvalue weighted by atomic mass is 10.1. The summed E-state index contributed by atoms with van der Waals surface area (Å²) >= 11 is 0. The van der Waals surface area contributed by atoms with Crippen molar-refractivity contribution in [2.45, 2.75) is 6.92 Å². The number of hydrogen-bond acceptors (Lipinski definition) is 4. The molecule has 0 bridgehead atoms. The van der Waals surface area contributed by atoms with Crippen LogP contribution in [0, 0.1) is 17.0 Å². The third kappa shape index (κ3) is 3.41. The fraction of sp³-hybridized carbons (Fsp3) is 0.133. The second kappa shape index (κ2) is 5.97. The van der Waals surface area contributed by atoms with Gasteiger partial charge < -0.3 is 4.74 Å². The zero-order valence-electron chi connectivity index (χ0n) is 10.9. The molecule has 0 aliphatic rings. The molecule has 5 heteroatoms. The molecule has 0 unspecified atom stereocenters. The maximum absolute atomic E-state index is 11.9. The maximum Gasteiger partial charge on any atom is 0.269 e. The molecule has 0 radical (unpaired) electrons. The Morgan fingerprint density at radius 1 is 1.10 bits per heavy atom. The number of benzene rings is 2. The van der Waals surface area contributed by atoms with E-state index in [0.29, 0.717) is 11.3 Å². The van der Waals surface area contributed by atoms with E-state index in [1.54, 1.807) is 12.1 Å². The largest absolute Gasteiger partial charge is 0.485 e. The Morgan fingerprint density at radius 3 is 2.25 bits per heavy atom. The SMILES string of the molecule is Cc1ccc(OCC(=O)c2ccc([N+](=O)[O-])cc2)cc1. The van der Waals surface area contributed by atoms with Gasteiger partial charge >= 0.3 is 0 Å². The topological polar surface area (TPSA) is 69.4 Å². The molecule has 0 amide bonds. The van der Waals surface area contributed by atoms with Crippen molar-refractivity contribution in [1.82, 2.24) is 0 Å². The molecule has 2 aromatic rings. The molecule has 0 aliphatic carbocycles. The molecule has 0 spiro atoms. The molecule has 102 valence electrons. The number of ketones is 1. The van der Waals surface area contributed by atoms with Crippen LogP contribution in [0.1, 0.15) is 15.9 Å². The van der Waals surface area contributed by atoms with Gasteiger partial charge in [-0.1, -0.05) is 17.7 Å². The van der Waals surface area contributed by atoms with Crippen molar-refractivity contribution in [2.75, 3.05) is 6.61 Å². The van der Waals surface area contributed by atoms with Crippen LogP contribution in [0.5, 0.6) is 5.75 Å². The van der Waals surface area contributed by atoms with Crippen LogP contribution >= 0.6 is 0 Å². The van der Waals surface area contributed by atoms with Gasteiger partial charge in [-0.05, 0) is 31.2 Å². The molecule has 0 atom stereocenters. The molecule has 2 aromatic carbocycles. The van der Waals surface area contributed by atoms with Crippen molar-refractivity contribution in [3.05, 3.63) is 69.8 Å². The van der Waals surface area contributed by atoms with Gasteiger partial charge in [0, 0.05) is 17.7 Å². The van der Waals surface area contributed by atoms with Crippen molar-refractivity contribution >= 4 is 11.5 Å². The number of ether oxygens (including phenoxy) is 1. The normalized spacial score (nSPS) is 10.1. The smallest absolute Gasteiger partial charge is 0.269 e. The quantitative estimate of drug-likeness (QED) is 0.476. The van der Waals surface area contributed by atoms with Crippen LogP contribution in [-0.4, -0.2) is 17.3 Å². The van der Waals surface area contributed by atoms with Crippen LogP contribution in [-0.2, 0) is 0 Å². The fourth-order valence-corrected chi connectivity index (χ4v) is 1.64. The van der Waals surface area contributed by atoms with E-state index in [0.717, 1.165) is 5.56 Å². The number of nitrogens with zero attached hydrogens (tertiary/aromatic N) is 1. The number of carbonyl (C=O) groups excluding carboxylic acids is 1. The Bertz CT molecular complexity index is 617. The van der Waals surface area contributed by atoms with Gasteiger partial charge in [0.25, 0.3) is 5.69 Å². The number of carbonyl (C=O) groups is 1. The minimum Gasteiger partial charge on any atom is -0.485 e. The summed E-state index contributed by atoms with van der Waals surface area (Å²) in [6.45, 7) is 1.87. The Balaban J connectivity index is 1.97. The summed E-state index contributed by atoms with van der Waals surface area (Å²) in [7, 11) is 0. The first kappa shape index (κ1) is 13.7. The molecular weight excluding hydrogens is 258 g/mol. The summed E-state index contributed by atoms with van der Waals surface area (Å²) in [4.78, 5) is 21.9. The lowest BCUT2D eigenvalue weighted by Gasteiger charge is -2.05. The van der Waals surface area contributed by atoms with Gasteiger partial charge in [0.1, 0.15) is 5.75 Å². The third-order valence-corrected chi connectivity index (χ3v) is 2.79. The van der Waals surface area contributed by atoms with E-state index in [4.69, 9.17) is 4.74 Å². The van der Waals surface area contributed by atoms with Gasteiger partial charge in [-0.2, -0.15) is 0 Å². The summed E-state index contributed by atoms with van der Waals surface area (Å²) in [6.07, 6.45) is 0. The Labute approximate surface area is 116 Å². The monoisotopic (exact) mass is 271 g/mol. The Morgan fingerprint density at radius 2 is 1.70 bits per heavy atom. The van der Waals surface area contributed by atoms with Gasteiger partial charge in [-0.3, -0.25) is 14.9 Å². The fourth-order valence-electron chi connectivity index (χ4n) is 1.64. The number of Topliss-reactive ketones (excluding diaryl/α,β-unsaturated/α-hetero) is 1. The van der Waals surface area contributed by atoms with Crippen LogP contribution in [0.15, 0.2) is 48.5 Å². The first-order chi connectivity index (χ1) is 9.56. The maximum atomic E-state index is 11.9. The molecule has 0 aliphatic heterocycles. The minimum absolute atomic E-state index is 0.0407. The number of nitro benzene ring substituents is 1. The van der Waals surface area contributed by atoms with E-state index in [1.165, 1.54) is 24.3 Å². The average Bonchev–Trinajstić information content (AvgIpc) is 2.46. The lowest BCUT2D eigenvalue weighted by molar-refractivity contribution is -0.384. The summed E-state index contributed by atoms with van der Waals surface area (Å²) in [5.41, 5.74) is 1.46. The van der Waals surface area contributed by atoms with Crippen molar-refractivity contribution in [3.63, 3.8) is 0 Å². The number of nitro groups is 1. The molecule has 0 saturated carbocycles. The summed E-state index contributed by atoms with van der Waals surface area (Å²) < 4.78 is 5.37. The average molecular weight is 271 g/mol. The highest BCUT2D eigenvalue weighted by atomic mass is 16.6. The molecule has 0 heterocycles. The lowest BCUT2D eigenvalue weighted by Crippen LogP contribution is -2.11. The highest BCUT2D eigenvalue weighted by Gasteiger charge is 2.10. The molecule has 20 heavy (non-hydrogen) atoms. The van der Waals surface area contributed by atoms with E-state index >= 15 is 0 Å². The first-order valence-corrected chi connectivity index (χ1v) is 6.03. The standard InChI is InChI=1S/C15H13NO4/c1-11-2-8-14(9-3-11)20-10-15(17)12-4-6-13(7-5-12)16(18)19/h2-9H,10H2,1H3. The minimum atomic E-state index is -0.503. The van der Waals surface area contributed by atoms with E-state index < -0.39 is 4.92 Å². The molecule has 0 N–H and O–H groups in total. The van der Waals surface area contributed by atoms with Crippen molar-refractivity contribution in [3.8, 4) is 5.75 Å². The molecule has 5 nitrogen and oxygen atoms in total. The van der Waals surface area contributed by atoms with Crippen molar-refractivity contribution in [1.29, 1.82) is 0 Å². The highest BCUT2D eigenvalue weighted by Crippen LogP contribution is 2.14. The molecule has 0 saturated heterocycles. The zero-order valence-corrected chi connectivity index (χ0v) is 10.9. The van der Waals surface area contributed by atoms with Crippen LogP contribution in [0.4, 0.5) is 5.69 Å². The summed E-state index contributed by atoms with van der Waals surface area (Å²) in [5.74, 6) is 0.395. The third-order valence-electron chi connectivity index (χ3n) is 2.79. The molecular formula is C15H13NO4. The molecule has 0 fully saturated rings. The zero-order chi connectivity index (χ0) is 14.5. The molecule has 2 rings (SSSR count). The van der Waals surface area contributed by atoms with Crippen molar-refractivity contribution < 1.29 is 14.5 Å². The van der Waals surface area contributed by atoms with Crippen molar-refractivity contribution in [2.24, 2.45) is 0 Å². The van der Waals surface area contributed by atoms with Crippen LogP contribution in [0.3, 0.4) is 0 Å². The number of rotatable bonds is 5. The highest BCUT2D eigenvalue weighted by molar-refractivity contribution is 5.97. The second-order valence-corrected chi connectivity index (χ2v) is 4.33. The Kier molecular flexibility index (Phi) is 4.10. The van der Waals surface area contributed by atoms with Crippen LogP contribution in [0.25, 0.3) is 0 Å². The van der Waals surface area contributed by atoms with Gasteiger partial charge in [0.2, 0.25) is 0 Å². The van der Waals surface area contributed by atoms with E-state index in [9.17, 15) is 14.9 Å². The number of hydrogen-bond donors (Lipinski definition) is 0. The predicted octanol–water partition coefficient (Wildman–Crippen LogP) is 3.16. The van der Waals surface area contributed by atoms with Crippen LogP contribution < -0.4 is 4.74 Å². The van der Waals surface area contributed by atoms with Gasteiger partial charge in [0.05, 0.1) is 4.92 Å². The second-order valence-electron chi connectivity index (χ2n) is 4.33. The summed E-state index contributed by atoms with van der Waals surface area (Å²) in [5, 5.41) is 10.5. The first-order valence-electron chi connectivity index (χ1n) is 6.03.